The van der Waals surface area contributed by atoms with Gasteiger partial charge in [0.1, 0.15) is 17.9 Å². The Hall–Kier alpha value is -5.13. The fourth-order valence-corrected chi connectivity index (χ4v) is 6.54. The number of thioether (sulfide) groups is 1. The zero-order chi connectivity index (χ0) is 29.9. The number of hydrogen-bond donors (Lipinski definition) is 0. The third-order valence-electron chi connectivity index (χ3n) is 8.22. The maximum atomic E-state index is 13.5. The molecule has 0 radical (unpaired) electrons. The van der Waals surface area contributed by atoms with Crippen LogP contribution in [0.3, 0.4) is 0 Å². The number of fused-ring (bicyclic) bond motifs is 1. The molecule has 0 saturated heterocycles. The third kappa shape index (κ3) is 4.85. The average Bonchev–Trinajstić information content (AvgIpc) is 3.58. The highest BCUT2D eigenvalue weighted by molar-refractivity contribution is 7.98. The maximum absolute atomic E-state index is 13.5. The second-order valence-electron chi connectivity index (χ2n) is 10.7. The van der Waals surface area contributed by atoms with Crippen molar-refractivity contribution in [3.8, 4) is 17.0 Å². The first-order chi connectivity index (χ1) is 21.7. The average molecular weight is 591 g/mol. The molecular formula is C39H30N2O2S. The zero-order valence-corrected chi connectivity index (χ0v) is 25.1. The van der Waals surface area contributed by atoms with Gasteiger partial charge in [-0.1, -0.05) is 115 Å². The molecule has 5 aromatic carbocycles. The molecule has 0 bridgehead atoms. The number of rotatable bonds is 7. The second-order valence-corrected chi connectivity index (χ2v) is 11.6. The smallest absolute Gasteiger partial charge is 0.196 e. The van der Waals surface area contributed by atoms with Gasteiger partial charge >= 0.3 is 0 Å². The van der Waals surface area contributed by atoms with Gasteiger partial charge in [0, 0.05) is 22.2 Å². The number of aromatic nitrogens is 2. The topological polar surface area (TPSA) is 44.1 Å². The fraction of sp³-hybridized carbons (Fsp3) is 0.0769. The van der Waals surface area contributed by atoms with Crippen LogP contribution in [-0.2, 0) is 5.54 Å². The van der Waals surface area contributed by atoms with Gasteiger partial charge in [-0.2, -0.15) is 0 Å². The molecule has 0 unspecified atom stereocenters. The Bertz CT molecular complexity index is 1870. The van der Waals surface area contributed by atoms with Crippen LogP contribution in [0.25, 0.3) is 17.3 Å². The lowest BCUT2D eigenvalue weighted by Crippen LogP contribution is -2.36. The molecule has 7 rings (SSSR count). The predicted molar refractivity (Wildman–Crippen MR) is 178 cm³/mol. The Morgan fingerprint density at radius 1 is 0.750 bits per heavy atom. The number of benzene rings is 5. The summed E-state index contributed by atoms with van der Waals surface area (Å²) in [4.78, 5) is 19.5. The van der Waals surface area contributed by atoms with Crippen molar-refractivity contribution in [1.29, 1.82) is 0 Å². The van der Waals surface area contributed by atoms with E-state index in [9.17, 15) is 4.79 Å². The molecule has 1 aliphatic heterocycles. The van der Waals surface area contributed by atoms with E-state index in [-0.39, 0.29) is 12.4 Å². The molecule has 0 amide bonds. The molecule has 1 aliphatic rings. The van der Waals surface area contributed by atoms with E-state index in [1.807, 2.05) is 73.3 Å². The SMILES string of the molecule is CSc1ccc2c(c1)OC/C(=C\c1ccccc1-c1cn(C(c3ccccc3)(c3ccccc3)c3ccccc3)cn1)C2=O. The Morgan fingerprint density at radius 2 is 1.34 bits per heavy atom. The van der Waals surface area contributed by atoms with Crippen molar-refractivity contribution in [2.45, 2.75) is 10.4 Å². The van der Waals surface area contributed by atoms with Crippen molar-refractivity contribution >= 4 is 23.6 Å². The van der Waals surface area contributed by atoms with Gasteiger partial charge in [-0.25, -0.2) is 4.98 Å². The van der Waals surface area contributed by atoms with Gasteiger partial charge < -0.3 is 9.30 Å². The van der Waals surface area contributed by atoms with Crippen LogP contribution in [0.4, 0.5) is 0 Å². The molecule has 44 heavy (non-hydrogen) atoms. The van der Waals surface area contributed by atoms with Gasteiger partial charge in [0.2, 0.25) is 0 Å². The first kappa shape index (κ1) is 27.7. The number of Topliss-reactive ketones (excluding diaryl/α,β-unsaturated/α-hetero) is 1. The summed E-state index contributed by atoms with van der Waals surface area (Å²) in [6.45, 7) is 0.228. The largest absolute Gasteiger partial charge is 0.488 e. The summed E-state index contributed by atoms with van der Waals surface area (Å²) >= 11 is 1.63. The highest BCUT2D eigenvalue weighted by Gasteiger charge is 2.38. The van der Waals surface area contributed by atoms with E-state index in [2.05, 4.69) is 89.6 Å². The van der Waals surface area contributed by atoms with E-state index in [0.29, 0.717) is 16.9 Å². The molecule has 1 aromatic heterocycles. The fourth-order valence-electron chi connectivity index (χ4n) is 6.11. The number of nitrogens with zero attached hydrogens (tertiary/aromatic N) is 2. The minimum absolute atomic E-state index is 0.00418. The Morgan fingerprint density at radius 3 is 1.95 bits per heavy atom. The standard InChI is InChI=1S/C39H30N2O2S/c1-44-33-21-22-35-37(24-33)43-26-29(38(35)42)23-28-13-11-12-20-34(28)36-25-41(27-40-36)39(30-14-5-2-6-15-30,31-16-7-3-8-17-31)32-18-9-4-10-19-32/h2-25,27H,26H2,1H3/b29-23+. The lowest BCUT2D eigenvalue weighted by molar-refractivity contribution is 0.100. The molecule has 0 N–H and O–H groups in total. The molecule has 0 fully saturated rings. The molecule has 214 valence electrons. The van der Waals surface area contributed by atoms with Crippen LogP contribution in [-0.4, -0.2) is 28.2 Å². The van der Waals surface area contributed by atoms with Crippen LogP contribution in [0.15, 0.2) is 156 Å². The van der Waals surface area contributed by atoms with Crippen molar-refractivity contribution in [3.63, 3.8) is 0 Å². The normalized spacial score (nSPS) is 13.8. The van der Waals surface area contributed by atoms with Gasteiger partial charge in [-0.3, -0.25) is 4.79 Å². The van der Waals surface area contributed by atoms with Crippen LogP contribution < -0.4 is 4.74 Å². The van der Waals surface area contributed by atoms with Gasteiger partial charge in [-0.05, 0) is 52.8 Å². The lowest BCUT2D eigenvalue weighted by atomic mass is 9.77. The molecule has 0 saturated carbocycles. The summed E-state index contributed by atoms with van der Waals surface area (Å²) < 4.78 is 8.25. The van der Waals surface area contributed by atoms with Gasteiger partial charge in [-0.15, -0.1) is 11.8 Å². The van der Waals surface area contributed by atoms with E-state index in [0.717, 1.165) is 38.4 Å². The Labute approximate surface area is 261 Å². The van der Waals surface area contributed by atoms with Gasteiger partial charge in [0.05, 0.1) is 17.6 Å². The van der Waals surface area contributed by atoms with Gasteiger partial charge in [0.25, 0.3) is 0 Å². The minimum atomic E-state index is -0.658. The molecule has 6 aromatic rings. The van der Waals surface area contributed by atoms with Crippen molar-refractivity contribution in [2.75, 3.05) is 12.9 Å². The number of ketones is 1. The van der Waals surface area contributed by atoms with E-state index in [1.54, 1.807) is 11.8 Å². The highest BCUT2D eigenvalue weighted by Crippen LogP contribution is 2.42. The number of ether oxygens (including phenoxy) is 1. The van der Waals surface area contributed by atoms with Crippen LogP contribution in [0, 0.1) is 0 Å². The molecule has 5 heteroatoms. The summed E-state index contributed by atoms with van der Waals surface area (Å²) in [5, 5.41) is 0. The summed E-state index contributed by atoms with van der Waals surface area (Å²) in [6, 6.07) is 45.5. The van der Waals surface area contributed by atoms with E-state index in [1.165, 1.54) is 0 Å². The summed E-state index contributed by atoms with van der Waals surface area (Å²) in [7, 11) is 0. The number of imidazole rings is 1. The Kier molecular flexibility index (Phi) is 7.47. The van der Waals surface area contributed by atoms with Crippen LogP contribution in [0.2, 0.25) is 0 Å². The van der Waals surface area contributed by atoms with Crippen LogP contribution in [0.1, 0.15) is 32.6 Å². The van der Waals surface area contributed by atoms with Gasteiger partial charge in [0.15, 0.2) is 5.78 Å². The van der Waals surface area contributed by atoms with Crippen molar-refractivity contribution in [1.82, 2.24) is 9.55 Å². The van der Waals surface area contributed by atoms with E-state index in [4.69, 9.17) is 9.72 Å². The number of carbonyl (C=O) groups excluding carboxylic acids is 1. The summed E-state index contributed by atoms with van der Waals surface area (Å²) in [5.74, 6) is 0.639. The zero-order valence-electron chi connectivity index (χ0n) is 24.3. The highest BCUT2D eigenvalue weighted by atomic mass is 32.2. The lowest BCUT2D eigenvalue weighted by Gasteiger charge is -2.37. The first-order valence-electron chi connectivity index (χ1n) is 14.5. The predicted octanol–water partition coefficient (Wildman–Crippen LogP) is 8.77. The summed E-state index contributed by atoms with van der Waals surface area (Å²) in [5.41, 5.74) is 6.62. The minimum Gasteiger partial charge on any atom is -0.488 e. The number of carbonyl (C=O) groups is 1. The van der Waals surface area contributed by atoms with Crippen molar-refractivity contribution in [3.05, 3.63) is 179 Å². The van der Waals surface area contributed by atoms with Crippen LogP contribution in [0.5, 0.6) is 5.75 Å². The molecule has 0 spiro atoms. The number of hydrogen-bond acceptors (Lipinski definition) is 4. The second kappa shape index (κ2) is 11.9. The third-order valence-corrected chi connectivity index (χ3v) is 8.94. The summed E-state index contributed by atoms with van der Waals surface area (Å²) in [6.07, 6.45) is 7.99. The Balaban J connectivity index is 1.35. The quantitative estimate of drug-likeness (QED) is 0.106. The molecule has 4 nitrogen and oxygen atoms in total. The van der Waals surface area contributed by atoms with Crippen molar-refractivity contribution in [2.24, 2.45) is 0 Å². The van der Waals surface area contributed by atoms with E-state index >= 15 is 0 Å². The maximum Gasteiger partial charge on any atom is 0.196 e. The van der Waals surface area contributed by atoms with Crippen molar-refractivity contribution < 1.29 is 9.53 Å². The molecule has 0 aliphatic carbocycles. The monoisotopic (exact) mass is 590 g/mol. The first-order valence-corrected chi connectivity index (χ1v) is 15.8. The molecule has 2 heterocycles. The molecule has 0 atom stereocenters. The van der Waals surface area contributed by atoms with Crippen LogP contribution >= 0.6 is 11.8 Å². The van der Waals surface area contributed by atoms with E-state index < -0.39 is 5.54 Å². The molecular weight excluding hydrogens is 561 g/mol.